The summed E-state index contributed by atoms with van der Waals surface area (Å²) in [5, 5.41) is 3.43. The summed E-state index contributed by atoms with van der Waals surface area (Å²) in [6.07, 6.45) is 3.24. The first-order valence-electron chi connectivity index (χ1n) is 8.24. The molecule has 1 aliphatic rings. The summed E-state index contributed by atoms with van der Waals surface area (Å²) >= 11 is 5.82. The number of carbonyl (C=O) groups excluding carboxylic acids is 2. The third-order valence-electron chi connectivity index (χ3n) is 4.03. The number of hydrogen-bond donors (Lipinski definition) is 1. The second kappa shape index (κ2) is 8.53. The Hall–Kier alpha value is -2.80. The normalized spacial score (nSPS) is 14.0. The average molecular weight is 375 g/mol. The Morgan fingerprint density at radius 1 is 1.00 bits per heavy atom. The number of piperazine rings is 1. The molecule has 1 aliphatic heterocycles. The van der Waals surface area contributed by atoms with Gasteiger partial charge in [-0.15, -0.1) is 0 Å². The minimum atomic E-state index is -0.180. The second-order valence-corrected chi connectivity index (χ2v) is 6.21. The number of nitrogens with one attached hydrogen (secondary N) is 1. The molecule has 8 heteroatoms. The van der Waals surface area contributed by atoms with Gasteiger partial charge in [0.2, 0.25) is 0 Å². The number of benzene rings is 1. The Balaban J connectivity index is 1.43. The van der Waals surface area contributed by atoms with E-state index < -0.39 is 0 Å². The van der Waals surface area contributed by atoms with Gasteiger partial charge in [-0.25, -0.2) is 4.79 Å². The number of rotatable bonds is 4. The van der Waals surface area contributed by atoms with Crippen molar-refractivity contribution < 1.29 is 14.3 Å². The standard InChI is InChI=1S/C18H19ClN4O3/c19-14-1-3-16(4-2-14)26-13-17(24)22-9-11-23(12-10-22)18(25)21-15-5-7-20-8-6-15/h1-8H,9-13H2,(H,20,21,25). The van der Waals surface area contributed by atoms with Crippen molar-refractivity contribution in [2.24, 2.45) is 0 Å². The van der Waals surface area contributed by atoms with Crippen molar-refractivity contribution in [3.63, 3.8) is 0 Å². The van der Waals surface area contributed by atoms with E-state index in [4.69, 9.17) is 16.3 Å². The number of ether oxygens (including phenoxy) is 1. The molecule has 0 unspecified atom stereocenters. The van der Waals surface area contributed by atoms with Crippen LogP contribution in [0, 0.1) is 0 Å². The first-order valence-corrected chi connectivity index (χ1v) is 8.62. The van der Waals surface area contributed by atoms with Gasteiger partial charge < -0.3 is 19.9 Å². The van der Waals surface area contributed by atoms with Crippen molar-refractivity contribution >= 4 is 29.2 Å². The largest absolute Gasteiger partial charge is 0.484 e. The van der Waals surface area contributed by atoms with Crippen molar-refractivity contribution in [2.45, 2.75) is 0 Å². The molecule has 1 fully saturated rings. The topological polar surface area (TPSA) is 74.8 Å². The highest BCUT2D eigenvalue weighted by Gasteiger charge is 2.24. The Kier molecular flexibility index (Phi) is 5.91. The Bertz CT molecular complexity index is 747. The molecule has 2 heterocycles. The number of carbonyl (C=O) groups is 2. The van der Waals surface area contributed by atoms with Crippen LogP contribution in [0.3, 0.4) is 0 Å². The molecule has 1 N–H and O–H groups in total. The molecule has 0 saturated carbocycles. The van der Waals surface area contributed by atoms with Crippen LogP contribution in [0.4, 0.5) is 10.5 Å². The minimum absolute atomic E-state index is 0.0369. The molecule has 1 aromatic heterocycles. The van der Waals surface area contributed by atoms with Gasteiger partial charge in [-0.2, -0.15) is 0 Å². The number of aromatic nitrogens is 1. The van der Waals surface area contributed by atoms with Crippen LogP contribution < -0.4 is 10.1 Å². The molecule has 0 spiro atoms. The summed E-state index contributed by atoms with van der Waals surface area (Å²) < 4.78 is 5.48. The molecule has 0 radical (unpaired) electrons. The smallest absolute Gasteiger partial charge is 0.321 e. The SMILES string of the molecule is O=C(COc1ccc(Cl)cc1)N1CCN(C(=O)Nc2ccncc2)CC1. The van der Waals surface area contributed by atoms with Crippen LogP contribution in [0.25, 0.3) is 0 Å². The number of amides is 3. The van der Waals surface area contributed by atoms with Gasteiger partial charge >= 0.3 is 6.03 Å². The van der Waals surface area contributed by atoms with E-state index in [0.717, 1.165) is 0 Å². The zero-order valence-electron chi connectivity index (χ0n) is 14.1. The third kappa shape index (κ3) is 4.86. The van der Waals surface area contributed by atoms with Gasteiger partial charge in [0.1, 0.15) is 5.75 Å². The molecular formula is C18H19ClN4O3. The molecule has 0 atom stereocenters. The van der Waals surface area contributed by atoms with E-state index in [9.17, 15) is 9.59 Å². The monoisotopic (exact) mass is 374 g/mol. The average Bonchev–Trinajstić information content (AvgIpc) is 2.68. The molecule has 0 bridgehead atoms. The molecule has 2 aromatic rings. The predicted octanol–water partition coefficient (Wildman–Crippen LogP) is 2.49. The molecular weight excluding hydrogens is 356 g/mol. The van der Waals surface area contributed by atoms with Crippen LogP contribution in [0.2, 0.25) is 5.02 Å². The number of pyridine rings is 1. The molecule has 0 aliphatic carbocycles. The fourth-order valence-electron chi connectivity index (χ4n) is 2.56. The summed E-state index contributed by atoms with van der Waals surface area (Å²) in [5.41, 5.74) is 0.694. The number of urea groups is 1. The first-order chi connectivity index (χ1) is 12.6. The fraction of sp³-hybridized carbons (Fsp3) is 0.278. The highest BCUT2D eigenvalue weighted by molar-refractivity contribution is 6.30. The van der Waals surface area contributed by atoms with Crippen LogP contribution in [-0.2, 0) is 4.79 Å². The van der Waals surface area contributed by atoms with Gasteiger partial charge in [0.05, 0.1) is 0 Å². The van der Waals surface area contributed by atoms with Crippen molar-refractivity contribution in [1.82, 2.24) is 14.8 Å². The number of hydrogen-bond acceptors (Lipinski definition) is 4. The predicted molar refractivity (Wildman–Crippen MR) is 98.4 cm³/mol. The van der Waals surface area contributed by atoms with Crippen LogP contribution in [0.15, 0.2) is 48.8 Å². The molecule has 1 aromatic carbocycles. The molecule has 7 nitrogen and oxygen atoms in total. The number of anilines is 1. The summed E-state index contributed by atoms with van der Waals surface area (Å²) in [5.74, 6) is 0.493. The van der Waals surface area contributed by atoms with Gasteiger partial charge in [0, 0.05) is 49.3 Å². The van der Waals surface area contributed by atoms with Crippen LogP contribution >= 0.6 is 11.6 Å². The number of halogens is 1. The fourth-order valence-corrected chi connectivity index (χ4v) is 2.69. The Morgan fingerprint density at radius 3 is 2.27 bits per heavy atom. The molecule has 1 saturated heterocycles. The second-order valence-electron chi connectivity index (χ2n) is 5.78. The van der Waals surface area contributed by atoms with Crippen molar-refractivity contribution in [2.75, 3.05) is 38.1 Å². The van der Waals surface area contributed by atoms with E-state index in [2.05, 4.69) is 10.3 Å². The molecule has 26 heavy (non-hydrogen) atoms. The Labute approximate surface area is 156 Å². The number of nitrogens with zero attached hydrogens (tertiary/aromatic N) is 3. The van der Waals surface area contributed by atoms with E-state index in [1.54, 1.807) is 58.6 Å². The van der Waals surface area contributed by atoms with Gasteiger partial charge in [-0.1, -0.05) is 11.6 Å². The van der Waals surface area contributed by atoms with Crippen LogP contribution in [-0.4, -0.2) is 59.5 Å². The molecule has 3 rings (SSSR count). The van der Waals surface area contributed by atoms with Gasteiger partial charge in [-0.05, 0) is 36.4 Å². The van der Waals surface area contributed by atoms with Crippen molar-refractivity contribution in [3.8, 4) is 5.75 Å². The maximum absolute atomic E-state index is 12.3. The highest BCUT2D eigenvalue weighted by Crippen LogP contribution is 2.15. The lowest BCUT2D eigenvalue weighted by molar-refractivity contribution is -0.134. The summed E-state index contributed by atoms with van der Waals surface area (Å²) in [6.45, 7) is 1.87. The molecule has 136 valence electrons. The summed E-state index contributed by atoms with van der Waals surface area (Å²) in [7, 11) is 0. The zero-order chi connectivity index (χ0) is 18.4. The van der Waals surface area contributed by atoms with Gasteiger partial charge in [-0.3, -0.25) is 9.78 Å². The van der Waals surface area contributed by atoms with Gasteiger partial charge in [0.25, 0.3) is 5.91 Å². The van der Waals surface area contributed by atoms with E-state index in [-0.39, 0.29) is 18.5 Å². The van der Waals surface area contributed by atoms with Crippen molar-refractivity contribution in [3.05, 3.63) is 53.8 Å². The quantitative estimate of drug-likeness (QED) is 0.892. The third-order valence-corrected chi connectivity index (χ3v) is 4.28. The molecule has 3 amide bonds. The maximum Gasteiger partial charge on any atom is 0.321 e. The van der Waals surface area contributed by atoms with Crippen LogP contribution in [0.1, 0.15) is 0 Å². The lowest BCUT2D eigenvalue weighted by Crippen LogP contribution is -2.52. The van der Waals surface area contributed by atoms with Crippen LogP contribution in [0.5, 0.6) is 5.75 Å². The summed E-state index contributed by atoms with van der Waals surface area (Å²) in [6, 6.07) is 10.1. The minimum Gasteiger partial charge on any atom is -0.484 e. The van der Waals surface area contributed by atoms with E-state index in [1.165, 1.54) is 0 Å². The lowest BCUT2D eigenvalue weighted by Gasteiger charge is -2.34. The Morgan fingerprint density at radius 2 is 1.62 bits per heavy atom. The van der Waals surface area contributed by atoms with Crippen molar-refractivity contribution in [1.29, 1.82) is 0 Å². The maximum atomic E-state index is 12.3. The van der Waals surface area contributed by atoms with E-state index in [1.807, 2.05) is 0 Å². The lowest BCUT2D eigenvalue weighted by atomic mass is 10.3. The van der Waals surface area contributed by atoms with E-state index >= 15 is 0 Å². The highest BCUT2D eigenvalue weighted by atomic mass is 35.5. The first kappa shape index (κ1) is 18.0. The van der Waals surface area contributed by atoms with E-state index in [0.29, 0.717) is 42.6 Å². The van der Waals surface area contributed by atoms with Gasteiger partial charge in [0.15, 0.2) is 6.61 Å². The summed E-state index contributed by atoms with van der Waals surface area (Å²) in [4.78, 5) is 31.8. The zero-order valence-corrected chi connectivity index (χ0v) is 14.9.